The van der Waals surface area contributed by atoms with Crippen molar-refractivity contribution >= 4 is 22.5 Å². The number of piperidine rings is 1. The van der Waals surface area contributed by atoms with E-state index >= 15 is 0 Å². The first-order valence-electron chi connectivity index (χ1n) is 10.3. The summed E-state index contributed by atoms with van der Waals surface area (Å²) in [5.41, 5.74) is 2.00. The number of halogens is 3. The van der Waals surface area contributed by atoms with Crippen LogP contribution in [-0.2, 0) is 11.8 Å². The molecule has 1 aliphatic rings. The molecule has 0 unspecified atom stereocenters. The first kappa shape index (κ1) is 21.3. The molecule has 9 heteroatoms. The summed E-state index contributed by atoms with van der Waals surface area (Å²) >= 11 is 0. The maximum atomic E-state index is 12.7. The van der Waals surface area contributed by atoms with Crippen molar-refractivity contribution in [2.75, 3.05) is 25.0 Å². The van der Waals surface area contributed by atoms with Crippen LogP contribution in [0, 0.1) is 5.92 Å². The van der Waals surface area contributed by atoms with Crippen LogP contribution >= 0.6 is 0 Å². The Morgan fingerprint density at radius 2 is 1.94 bits per heavy atom. The Hall–Kier alpha value is -2.94. The molecule has 4 rings (SSSR count). The Balaban J connectivity index is 1.39. The van der Waals surface area contributed by atoms with Crippen LogP contribution in [0.3, 0.4) is 0 Å². The Morgan fingerprint density at radius 3 is 2.61 bits per heavy atom. The SMILES string of the molecule is Cn1nccc1-c1ccc2cnc(NC(=O)C3CCN(CCC(F)(F)F)CC3)cc2c1. The van der Waals surface area contributed by atoms with Crippen molar-refractivity contribution in [1.82, 2.24) is 19.7 Å². The van der Waals surface area contributed by atoms with Gasteiger partial charge in [0.1, 0.15) is 5.82 Å². The average Bonchev–Trinajstić information content (AvgIpc) is 3.17. The molecule has 0 bridgehead atoms. The fourth-order valence-corrected chi connectivity index (χ4v) is 3.96. The van der Waals surface area contributed by atoms with Crippen molar-refractivity contribution in [1.29, 1.82) is 0 Å². The van der Waals surface area contributed by atoms with Gasteiger partial charge in [0.2, 0.25) is 5.91 Å². The summed E-state index contributed by atoms with van der Waals surface area (Å²) in [5, 5.41) is 8.98. The van der Waals surface area contributed by atoms with E-state index in [0.717, 1.165) is 22.0 Å². The number of benzene rings is 1. The first-order valence-corrected chi connectivity index (χ1v) is 10.3. The number of fused-ring (bicyclic) bond motifs is 1. The summed E-state index contributed by atoms with van der Waals surface area (Å²) < 4.78 is 39.0. The first-order chi connectivity index (χ1) is 14.8. The topological polar surface area (TPSA) is 63.1 Å². The molecule has 1 aliphatic heterocycles. The van der Waals surface area contributed by atoms with E-state index in [1.807, 2.05) is 37.4 Å². The quantitative estimate of drug-likeness (QED) is 0.657. The molecule has 164 valence electrons. The second kappa shape index (κ2) is 8.66. The number of hydrogen-bond acceptors (Lipinski definition) is 4. The van der Waals surface area contributed by atoms with Gasteiger partial charge in [-0.2, -0.15) is 18.3 Å². The fourth-order valence-electron chi connectivity index (χ4n) is 3.96. The average molecular weight is 431 g/mol. The summed E-state index contributed by atoms with van der Waals surface area (Å²) in [4.78, 5) is 18.8. The predicted molar refractivity (Wildman–Crippen MR) is 112 cm³/mol. The number of anilines is 1. The van der Waals surface area contributed by atoms with Crippen LogP contribution in [-0.4, -0.2) is 51.4 Å². The van der Waals surface area contributed by atoms with Gasteiger partial charge in [-0.15, -0.1) is 0 Å². The minimum Gasteiger partial charge on any atom is -0.310 e. The number of carbonyl (C=O) groups excluding carboxylic acids is 1. The third-order valence-corrected chi connectivity index (χ3v) is 5.76. The number of amides is 1. The summed E-state index contributed by atoms with van der Waals surface area (Å²) in [5.74, 6) is 0.115. The number of likely N-dealkylation sites (tertiary alicyclic amines) is 1. The van der Waals surface area contributed by atoms with Gasteiger partial charge in [-0.25, -0.2) is 4.98 Å². The Bertz CT molecular complexity index is 1070. The molecule has 1 aromatic carbocycles. The molecule has 31 heavy (non-hydrogen) atoms. The van der Waals surface area contributed by atoms with E-state index in [4.69, 9.17) is 0 Å². The molecule has 0 radical (unpaired) electrons. The third kappa shape index (κ3) is 5.22. The lowest BCUT2D eigenvalue weighted by Crippen LogP contribution is -2.39. The van der Waals surface area contributed by atoms with Crippen LogP contribution in [0.4, 0.5) is 19.0 Å². The number of carbonyl (C=O) groups is 1. The molecule has 0 aliphatic carbocycles. The lowest BCUT2D eigenvalue weighted by molar-refractivity contribution is -0.139. The van der Waals surface area contributed by atoms with Gasteiger partial charge >= 0.3 is 6.18 Å². The van der Waals surface area contributed by atoms with Crippen molar-refractivity contribution in [3.63, 3.8) is 0 Å². The molecule has 1 fully saturated rings. The van der Waals surface area contributed by atoms with E-state index in [2.05, 4.69) is 15.4 Å². The van der Waals surface area contributed by atoms with Crippen LogP contribution < -0.4 is 5.32 Å². The van der Waals surface area contributed by atoms with Crippen molar-refractivity contribution in [3.05, 3.63) is 42.7 Å². The van der Waals surface area contributed by atoms with Gasteiger partial charge in [0, 0.05) is 42.9 Å². The third-order valence-electron chi connectivity index (χ3n) is 5.76. The lowest BCUT2D eigenvalue weighted by atomic mass is 9.95. The number of nitrogens with one attached hydrogen (secondary N) is 1. The smallest absolute Gasteiger partial charge is 0.310 e. The van der Waals surface area contributed by atoms with Crippen LogP contribution in [0.1, 0.15) is 19.3 Å². The lowest BCUT2D eigenvalue weighted by Gasteiger charge is -2.31. The van der Waals surface area contributed by atoms with E-state index in [1.54, 1.807) is 22.0 Å². The van der Waals surface area contributed by atoms with E-state index in [0.29, 0.717) is 31.7 Å². The second-order valence-corrected chi connectivity index (χ2v) is 7.94. The number of aromatic nitrogens is 3. The minimum atomic E-state index is -4.15. The summed E-state index contributed by atoms with van der Waals surface area (Å²) in [6, 6.07) is 9.79. The van der Waals surface area contributed by atoms with E-state index in [1.165, 1.54) is 0 Å². The Morgan fingerprint density at radius 1 is 1.16 bits per heavy atom. The van der Waals surface area contributed by atoms with Gasteiger partial charge < -0.3 is 10.2 Å². The predicted octanol–water partition coefficient (Wildman–Crippen LogP) is 4.24. The van der Waals surface area contributed by atoms with Crippen molar-refractivity contribution in [2.45, 2.75) is 25.4 Å². The van der Waals surface area contributed by atoms with Crippen molar-refractivity contribution in [3.8, 4) is 11.3 Å². The summed E-state index contributed by atoms with van der Waals surface area (Å²) in [6.45, 7) is 0.976. The molecule has 1 amide bonds. The molecule has 3 aromatic rings. The molecule has 2 aromatic heterocycles. The molecule has 1 N–H and O–H groups in total. The molecule has 1 saturated heterocycles. The van der Waals surface area contributed by atoms with Crippen molar-refractivity contribution in [2.24, 2.45) is 13.0 Å². The largest absolute Gasteiger partial charge is 0.390 e. The van der Waals surface area contributed by atoms with Crippen LogP contribution in [0.2, 0.25) is 0 Å². The summed E-state index contributed by atoms with van der Waals surface area (Å²) in [6.07, 6.45) is -0.411. The highest BCUT2D eigenvalue weighted by Crippen LogP contribution is 2.26. The number of alkyl halides is 3. The Kier molecular flexibility index (Phi) is 5.95. The highest BCUT2D eigenvalue weighted by atomic mass is 19.4. The zero-order valence-electron chi connectivity index (χ0n) is 17.2. The molecule has 0 saturated carbocycles. The minimum absolute atomic E-state index is 0.0108. The molecular weight excluding hydrogens is 407 g/mol. The highest BCUT2D eigenvalue weighted by Gasteiger charge is 2.30. The fraction of sp³-hybridized carbons (Fsp3) is 0.409. The molecule has 6 nitrogen and oxygen atoms in total. The Labute approximate surface area is 178 Å². The normalized spacial score (nSPS) is 16.0. The maximum Gasteiger partial charge on any atom is 0.390 e. The molecule has 0 atom stereocenters. The molecule has 3 heterocycles. The number of rotatable bonds is 5. The van der Waals surface area contributed by atoms with Gasteiger partial charge in [-0.05, 0) is 49.5 Å². The van der Waals surface area contributed by atoms with E-state index < -0.39 is 12.6 Å². The standard InChI is InChI=1S/C22H24F3N5O/c1-29-19(4-8-27-29)16-2-3-17-14-26-20(13-18(17)12-16)28-21(31)15-5-9-30(10-6-15)11-7-22(23,24)25/h2-4,8,12-15H,5-7,9-11H2,1H3,(H,26,28,31). The maximum absolute atomic E-state index is 12.7. The zero-order valence-corrected chi connectivity index (χ0v) is 17.2. The second-order valence-electron chi connectivity index (χ2n) is 7.94. The van der Waals surface area contributed by atoms with Crippen LogP contribution in [0.25, 0.3) is 22.0 Å². The van der Waals surface area contributed by atoms with Gasteiger partial charge in [0.25, 0.3) is 0 Å². The number of nitrogens with zero attached hydrogens (tertiary/aromatic N) is 4. The molecule has 0 spiro atoms. The molecular formula is C22H24F3N5O. The number of pyridine rings is 1. The monoisotopic (exact) mass is 431 g/mol. The highest BCUT2D eigenvalue weighted by molar-refractivity contribution is 5.95. The van der Waals surface area contributed by atoms with Crippen molar-refractivity contribution < 1.29 is 18.0 Å². The van der Waals surface area contributed by atoms with Gasteiger partial charge in [-0.3, -0.25) is 9.48 Å². The van der Waals surface area contributed by atoms with Gasteiger partial charge in [0.15, 0.2) is 0 Å². The summed E-state index contributed by atoms with van der Waals surface area (Å²) in [7, 11) is 1.88. The van der Waals surface area contributed by atoms with E-state index in [9.17, 15) is 18.0 Å². The zero-order chi connectivity index (χ0) is 22.0. The van der Waals surface area contributed by atoms with Gasteiger partial charge in [0.05, 0.1) is 12.1 Å². The number of hydrogen-bond donors (Lipinski definition) is 1. The van der Waals surface area contributed by atoms with Gasteiger partial charge in [-0.1, -0.05) is 12.1 Å². The van der Waals surface area contributed by atoms with E-state index in [-0.39, 0.29) is 18.4 Å². The van der Waals surface area contributed by atoms with Crippen LogP contribution in [0.15, 0.2) is 42.7 Å². The van der Waals surface area contributed by atoms with Crippen LogP contribution in [0.5, 0.6) is 0 Å². The number of aryl methyl sites for hydroxylation is 1.